The van der Waals surface area contributed by atoms with Gasteiger partial charge in [-0.3, -0.25) is 9.97 Å². The average Bonchev–Trinajstić information content (AvgIpc) is 3.13. The van der Waals surface area contributed by atoms with Gasteiger partial charge in [0.25, 0.3) is 0 Å². The van der Waals surface area contributed by atoms with E-state index in [9.17, 15) is 4.79 Å². The quantitative estimate of drug-likeness (QED) is 0.679. The van der Waals surface area contributed by atoms with E-state index in [0.717, 1.165) is 5.56 Å². The summed E-state index contributed by atoms with van der Waals surface area (Å²) < 4.78 is 5.43. The maximum absolute atomic E-state index is 12.2. The number of benzene rings is 1. The molecule has 118 valence electrons. The van der Waals surface area contributed by atoms with Gasteiger partial charge in [-0.15, -0.1) is 11.3 Å². The lowest BCUT2D eigenvalue weighted by Gasteiger charge is -2.12. The highest BCUT2D eigenvalue weighted by Gasteiger charge is 2.18. The van der Waals surface area contributed by atoms with Crippen molar-refractivity contribution in [3.05, 3.63) is 65.1 Å². The molecule has 1 unspecified atom stereocenters. The molecule has 0 bridgehead atoms. The van der Waals surface area contributed by atoms with Gasteiger partial charge < -0.3 is 4.74 Å². The molecule has 3 rings (SSSR count). The monoisotopic (exact) mass is 336 g/mol. The zero-order valence-electron chi connectivity index (χ0n) is 12.7. The Morgan fingerprint density at radius 3 is 3.00 bits per heavy atom. The van der Waals surface area contributed by atoms with E-state index >= 15 is 0 Å². The second-order valence-electron chi connectivity index (χ2n) is 4.91. The lowest BCUT2D eigenvalue weighted by Crippen LogP contribution is -2.09. The molecule has 0 aliphatic rings. The van der Waals surface area contributed by atoms with E-state index in [2.05, 4.69) is 21.0 Å². The zero-order chi connectivity index (χ0) is 16.9. The first-order valence-corrected chi connectivity index (χ1v) is 7.98. The van der Waals surface area contributed by atoms with Gasteiger partial charge in [-0.2, -0.15) is 5.26 Å². The molecule has 2 heterocycles. The first kappa shape index (κ1) is 15.8. The maximum atomic E-state index is 12.2. The van der Waals surface area contributed by atoms with Gasteiger partial charge in [0.1, 0.15) is 16.8 Å². The number of rotatable bonds is 4. The van der Waals surface area contributed by atoms with Gasteiger partial charge >= 0.3 is 5.97 Å². The fourth-order valence-electron chi connectivity index (χ4n) is 2.04. The number of aromatic nitrogens is 3. The minimum Gasteiger partial charge on any atom is -0.453 e. The normalized spacial score (nSPS) is 11.5. The largest absolute Gasteiger partial charge is 0.453 e. The molecule has 0 aliphatic heterocycles. The summed E-state index contributed by atoms with van der Waals surface area (Å²) in [5, 5.41) is 11.2. The molecule has 24 heavy (non-hydrogen) atoms. The predicted octanol–water partition coefficient (Wildman–Crippen LogP) is 3.39. The first-order chi connectivity index (χ1) is 11.7. The summed E-state index contributed by atoms with van der Waals surface area (Å²) in [6, 6.07) is 9.03. The standard InChI is InChI=1S/C17H12N4O2S/c1-11(13-4-2-3-12(7-13)8-18)23-17(22)15-10-24-16(21-15)14-9-19-5-6-20-14/h2-7,9-11H,1H3. The van der Waals surface area contributed by atoms with E-state index in [1.165, 1.54) is 11.3 Å². The van der Waals surface area contributed by atoms with Crippen molar-refractivity contribution < 1.29 is 9.53 Å². The number of thiazole rings is 1. The second kappa shape index (κ2) is 6.98. The number of nitrogens with zero attached hydrogens (tertiary/aromatic N) is 4. The molecule has 7 heteroatoms. The van der Waals surface area contributed by atoms with Gasteiger partial charge in [0.05, 0.1) is 17.8 Å². The molecule has 3 aromatic rings. The highest BCUT2D eigenvalue weighted by atomic mass is 32.1. The van der Waals surface area contributed by atoms with Crippen molar-refractivity contribution in [3.8, 4) is 16.8 Å². The molecule has 0 aliphatic carbocycles. The molecular weight excluding hydrogens is 324 g/mol. The van der Waals surface area contributed by atoms with E-state index in [1.807, 2.05) is 6.07 Å². The number of carbonyl (C=O) groups excluding carboxylic acids is 1. The third-order valence-electron chi connectivity index (χ3n) is 3.26. The molecule has 0 saturated heterocycles. The van der Waals surface area contributed by atoms with E-state index < -0.39 is 12.1 Å². The molecule has 6 nitrogen and oxygen atoms in total. The van der Waals surface area contributed by atoms with E-state index in [4.69, 9.17) is 10.00 Å². The van der Waals surface area contributed by atoms with Gasteiger partial charge in [0, 0.05) is 17.8 Å². The Balaban J connectivity index is 1.73. The number of nitriles is 1. The summed E-state index contributed by atoms with van der Waals surface area (Å²) in [5.41, 5.74) is 2.11. The van der Waals surface area contributed by atoms with Crippen molar-refractivity contribution in [1.82, 2.24) is 15.0 Å². The summed E-state index contributed by atoms with van der Waals surface area (Å²) in [7, 11) is 0. The summed E-state index contributed by atoms with van der Waals surface area (Å²) in [6.07, 6.45) is 4.25. The third-order valence-corrected chi connectivity index (χ3v) is 4.13. The number of esters is 1. The SMILES string of the molecule is CC(OC(=O)c1csc(-c2cnccn2)n1)c1cccc(C#N)c1. The van der Waals surface area contributed by atoms with Crippen LogP contribution in [0.4, 0.5) is 0 Å². The zero-order valence-corrected chi connectivity index (χ0v) is 13.5. The third kappa shape index (κ3) is 3.45. The van der Waals surface area contributed by atoms with Gasteiger partial charge in [0.2, 0.25) is 0 Å². The number of carbonyl (C=O) groups is 1. The summed E-state index contributed by atoms with van der Waals surface area (Å²) in [5.74, 6) is -0.517. The Morgan fingerprint density at radius 2 is 2.25 bits per heavy atom. The Hall–Kier alpha value is -3.11. The Morgan fingerprint density at radius 1 is 1.38 bits per heavy atom. The van der Waals surface area contributed by atoms with Crippen LogP contribution in [0.15, 0.2) is 48.2 Å². The number of hydrogen-bond acceptors (Lipinski definition) is 7. The fourth-order valence-corrected chi connectivity index (χ4v) is 2.79. The minimum absolute atomic E-state index is 0.226. The highest BCUT2D eigenvalue weighted by Crippen LogP contribution is 2.23. The molecule has 0 fully saturated rings. The Kier molecular flexibility index (Phi) is 4.59. The van der Waals surface area contributed by atoms with Crippen LogP contribution >= 0.6 is 11.3 Å². The second-order valence-corrected chi connectivity index (χ2v) is 5.77. The summed E-state index contributed by atoms with van der Waals surface area (Å²) in [4.78, 5) is 24.6. The van der Waals surface area contributed by atoms with Crippen molar-refractivity contribution >= 4 is 17.3 Å². The van der Waals surface area contributed by atoms with Gasteiger partial charge in [-0.1, -0.05) is 12.1 Å². The topological polar surface area (TPSA) is 88.8 Å². The van der Waals surface area contributed by atoms with Crippen LogP contribution in [-0.2, 0) is 4.74 Å². The molecule has 0 spiro atoms. The van der Waals surface area contributed by atoms with Gasteiger partial charge in [-0.25, -0.2) is 9.78 Å². The van der Waals surface area contributed by atoms with Crippen LogP contribution in [0.3, 0.4) is 0 Å². The molecule has 1 atom stereocenters. The lowest BCUT2D eigenvalue weighted by atomic mass is 10.1. The lowest BCUT2D eigenvalue weighted by molar-refractivity contribution is 0.0332. The van der Waals surface area contributed by atoms with Crippen LogP contribution in [0.1, 0.15) is 34.6 Å². The molecule has 0 N–H and O–H groups in total. The van der Waals surface area contributed by atoms with Crippen LogP contribution in [0.25, 0.3) is 10.7 Å². The predicted molar refractivity (Wildman–Crippen MR) is 88.1 cm³/mol. The van der Waals surface area contributed by atoms with Crippen LogP contribution in [0.5, 0.6) is 0 Å². The smallest absolute Gasteiger partial charge is 0.358 e. The highest BCUT2D eigenvalue weighted by molar-refractivity contribution is 7.13. The first-order valence-electron chi connectivity index (χ1n) is 7.10. The minimum atomic E-state index is -0.517. The van der Waals surface area contributed by atoms with Gasteiger partial charge in [-0.05, 0) is 24.6 Å². The maximum Gasteiger partial charge on any atom is 0.358 e. The number of ether oxygens (including phenoxy) is 1. The van der Waals surface area contributed by atoms with E-state index in [1.54, 1.807) is 49.1 Å². The summed E-state index contributed by atoms with van der Waals surface area (Å²) in [6.45, 7) is 1.75. The Bertz CT molecular complexity index is 902. The Labute approximate surface area is 142 Å². The molecule has 0 radical (unpaired) electrons. The van der Waals surface area contributed by atoms with Crippen molar-refractivity contribution in [2.45, 2.75) is 13.0 Å². The average molecular weight is 336 g/mol. The van der Waals surface area contributed by atoms with E-state index in [-0.39, 0.29) is 5.69 Å². The van der Waals surface area contributed by atoms with E-state index in [0.29, 0.717) is 16.3 Å². The molecule has 0 saturated carbocycles. The molecule has 1 aromatic carbocycles. The van der Waals surface area contributed by atoms with Crippen molar-refractivity contribution in [3.63, 3.8) is 0 Å². The molecule has 0 amide bonds. The van der Waals surface area contributed by atoms with Crippen LogP contribution in [-0.4, -0.2) is 20.9 Å². The van der Waals surface area contributed by atoms with Gasteiger partial charge in [0.15, 0.2) is 5.69 Å². The van der Waals surface area contributed by atoms with Crippen LogP contribution in [0.2, 0.25) is 0 Å². The van der Waals surface area contributed by atoms with Crippen LogP contribution in [0, 0.1) is 11.3 Å². The number of hydrogen-bond donors (Lipinski definition) is 0. The van der Waals surface area contributed by atoms with Crippen molar-refractivity contribution in [2.24, 2.45) is 0 Å². The summed E-state index contributed by atoms with van der Waals surface area (Å²) >= 11 is 1.30. The van der Waals surface area contributed by atoms with Crippen molar-refractivity contribution in [1.29, 1.82) is 5.26 Å². The molecular formula is C17H12N4O2S. The molecule has 2 aromatic heterocycles. The fraction of sp³-hybridized carbons (Fsp3) is 0.118. The van der Waals surface area contributed by atoms with Crippen molar-refractivity contribution in [2.75, 3.05) is 0 Å². The van der Waals surface area contributed by atoms with Crippen LogP contribution < -0.4 is 0 Å².